The molecule has 5 nitrogen and oxygen atoms in total. The average Bonchev–Trinajstić information content (AvgIpc) is 2.59. The van der Waals surface area contributed by atoms with Crippen LogP contribution in [0.25, 0.3) is 0 Å². The molecule has 82 valence electrons. The third-order valence-corrected chi connectivity index (χ3v) is 1.93. The summed E-state index contributed by atoms with van der Waals surface area (Å²) < 4.78 is 23.4. The van der Waals surface area contributed by atoms with E-state index in [1.165, 1.54) is 5.38 Å². The molecule has 0 bridgehead atoms. The summed E-state index contributed by atoms with van der Waals surface area (Å²) in [5.74, 6) is 0. The summed E-state index contributed by atoms with van der Waals surface area (Å²) in [6, 6.07) is 0. The number of hydrogen-bond donors (Lipinski definition) is 1. The average molecular weight is 235 g/mol. The molecule has 8 heteroatoms. The Morgan fingerprint density at radius 1 is 1.80 bits per heavy atom. The molecule has 15 heavy (non-hydrogen) atoms. The number of rotatable bonds is 5. The number of nitrogen functional groups attached to an aromatic ring is 1. The quantitative estimate of drug-likeness (QED) is 0.467. The SMILES string of the molecule is Nc1nc(C(C=O)=NOCC(F)F)cs1. The molecule has 0 aliphatic carbocycles. The molecule has 0 radical (unpaired) electrons. The predicted octanol–water partition coefficient (Wildman–Crippen LogP) is 0.910. The minimum absolute atomic E-state index is 0.163. The molecule has 1 heterocycles. The Hall–Kier alpha value is -1.57. The van der Waals surface area contributed by atoms with E-state index < -0.39 is 13.0 Å². The fourth-order valence-corrected chi connectivity index (χ4v) is 1.25. The third kappa shape index (κ3) is 3.58. The minimum Gasteiger partial charge on any atom is -0.389 e. The number of carbonyl (C=O) groups is 1. The van der Waals surface area contributed by atoms with E-state index in [0.717, 1.165) is 11.3 Å². The lowest BCUT2D eigenvalue weighted by molar-refractivity contribution is -0.102. The summed E-state index contributed by atoms with van der Waals surface area (Å²) in [6.45, 7) is -0.864. The van der Waals surface area contributed by atoms with Crippen LogP contribution in [0.4, 0.5) is 13.9 Å². The molecule has 0 saturated carbocycles. The van der Waals surface area contributed by atoms with E-state index in [9.17, 15) is 13.6 Å². The molecule has 0 unspecified atom stereocenters. The number of thiazole rings is 1. The number of halogens is 2. The normalized spacial score (nSPS) is 11.8. The summed E-state index contributed by atoms with van der Waals surface area (Å²) in [5, 5.41) is 4.96. The van der Waals surface area contributed by atoms with Crippen molar-refractivity contribution in [1.29, 1.82) is 0 Å². The van der Waals surface area contributed by atoms with Crippen LogP contribution in [-0.4, -0.2) is 30.0 Å². The number of oxime groups is 1. The van der Waals surface area contributed by atoms with Crippen molar-refractivity contribution in [3.8, 4) is 0 Å². The molecule has 0 aromatic carbocycles. The lowest BCUT2D eigenvalue weighted by Crippen LogP contribution is -2.07. The number of nitrogens with zero attached hydrogens (tertiary/aromatic N) is 2. The van der Waals surface area contributed by atoms with E-state index in [1.807, 2.05) is 0 Å². The molecule has 0 atom stereocenters. The fraction of sp³-hybridized carbons (Fsp3) is 0.286. The van der Waals surface area contributed by atoms with E-state index in [-0.39, 0.29) is 16.5 Å². The second kappa shape index (κ2) is 5.35. The monoisotopic (exact) mass is 235 g/mol. The maximum absolute atomic E-state index is 11.7. The van der Waals surface area contributed by atoms with Crippen molar-refractivity contribution in [2.45, 2.75) is 6.43 Å². The van der Waals surface area contributed by atoms with Gasteiger partial charge in [0, 0.05) is 5.38 Å². The van der Waals surface area contributed by atoms with Gasteiger partial charge in [-0.2, -0.15) is 0 Å². The second-order valence-electron chi connectivity index (χ2n) is 2.35. The first-order valence-electron chi connectivity index (χ1n) is 3.78. The summed E-state index contributed by atoms with van der Waals surface area (Å²) in [5.41, 5.74) is 5.37. The second-order valence-corrected chi connectivity index (χ2v) is 3.24. The van der Waals surface area contributed by atoms with Crippen molar-refractivity contribution < 1.29 is 18.4 Å². The zero-order valence-electron chi connectivity index (χ0n) is 7.39. The third-order valence-electron chi connectivity index (χ3n) is 1.26. The molecule has 0 saturated heterocycles. The fourth-order valence-electron chi connectivity index (χ4n) is 0.697. The first kappa shape index (κ1) is 11.5. The molecule has 0 fully saturated rings. The van der Waals surface area contributed by atoms with Crippen molar-refractivity contribution in [3.63, 3.8) is 0 Å². The molecule has 0 amide bonds. The number of aldehydes is 1. The van der Waals surface area contributed by atoms with E-state index in [0.29, 0.717) is 6.29 Å². The van der Waals surface area contributed by atoms with E-state index in [4.69, 9.17) is 5.73 Å². The van der Waals surface area contributed by atoms with Crippen LogP contribution in [0.2, 0.25) is 0 Å². The highest BCUT2D eigenvalue weighted by Crippen LogP contribution is 2.11. The van der Waals surface area contributed by atoms with Gasteiger partial charge in [0.15, 0.2) is 23.7 Å². The first-order valence-corrected chi connectivity index (χ1v) is 4.66. The van der Waals surface area contributed by atoms with Gasteiger partial charge in [-0.3, -0.25) is 4.79 Å². The van der Waals surface area contributed by atoms with Gasteiger partial charge in [0.25, 0.3) is 6.43 Å². The van der Waals surface area contributed by atoms with E-state index in [1.54, 1.807) is 0 Å². The van der Waals surface area contributed by atoms with Gasteiger partial charge in [0.05, 0.1) is 0 Å². The number of carbonyl (C=O) groups excluding carboxylic acids is 1. The van der Waals surface area contributed by atoms with Crippen LogP contribution in [0.3, 0.4) is 0 Å². The molecule has 2 N–H and O–H groups in total. The number of nitrogens with two attached hydrogens (primary N) is 1. The molecular formula is C7H7F2N3O2S. The van der Waals surface area contributed by atoms with Crippen LogP contribution in [0.5, 0.6) is 0 Å². The Morgan fingerprint density at radius 2 is 2.53 bits per heavy atom. The smallest absolute Gasteiger partial charge is 0.274 e. The maximum Gasteiger partial charge on any atom is 0.274 e. The van der Waals surface area contributed by atoms with Crippen molar-refractivity contribution >= 4 is 28.5 Å². The van der Waals surface area contributed by atoms with E-state index >= 15 is 0 Å². The van der Waals surface area contributed by atoms with Gasteiger partial charge in [0.1, 0.15) is 5.69 Å². The van der Waals surface area contributed by atoms with Crippen molar-refractivity contribution in [1.82, 2.24) is 4.98 Å². The lowest BCUT2D eigenvalue weighted by Gasteiger charge is -1.97. The van der Waals surface area contributed by atoms with E-state index in [2.05, 4.69) is 15.0 Å². The van der Waals surface area contributed by atoms with Gasteiger partial charge in [-0.25, -0.2) is 13.8 Å². The van der Waals surface area contributed by atoms with Gasteiger partial charge in [-0.15, -0.1) is 11.3 Å². The van der Waals surface area contributed by atoms with Crippen molar-refractivity contribution in [3.05, 3.63) is 11.1 Å². The Bertz CT molecular complexity index is 367. The highest BCUT2D eigenvalue weighted by Gasteiger charge is 2.08. The zero-order valence-corrected chi connectivity index (χ0v) is 8.21. The van der Waals surface area contributed by atoms with Crippen LogP contribution in [-0.2, 0) is 9.63 Å². The number of hydrogen-bond acceptors (Lipinski definition) is 6. The molecule has 1 aromatic heterocycles. The van der Waals surface area contributed by atoms with Gasteiger partial charge < -0.3 is 10.6 Å². The molecular weight excluding hydrogens is 228 g/mol. The Labute approximate surface area is 87.5 Å². The molecule has 0 aliphatic heterocycles. The summed E-state index contributed by atoms with van der Waals surface area (Å²) in [4.78, 5) is 18.5. The predicted molar refractivity (Wildman–Crippen MR) is 51.1 cm³/mol. The summed E-state index contributed by atoms with van der Waals surface area (Å²) in [6.07, 6.45) is -2.28. The number of anilines is 1. The van der Waals surface area contributed by atoms with Crippen LogP contribution >= 0.6 is 11.3 Å². The van der Waals surface area contributed by atoms with Crippen molar-refractivity contribution in [2.24, 2.45) is 5.16 Å². The van der Waals surface area contributed by atoms with Crippen LogP contribution < -0.4 is 5.73 Å². The van der Waals surface area contributed by atoms with Crippen molar-refractivity contribution in [2.75, 3.05) is 12.3 Å². The topological polar surface area (TPSA) is 77.6 Å². The standard InChI is InChI=1S/C7H7F2N3O2S/c8-6(9)2-14-12-4(1-13)5-3-15-7(10)11-5/h1,3,6H,2H2,(H2,10,11). The largest absolute Gasteiger partial charge is 0.389 e. The number of aromatic nitrogens is 1. The Morgan fingerprint density at radius 3 is 3.00 bits per heavy atom. The van der Waals surface area contributed by atoms with Gasteiger partial charge in [-0.1, -0.05) is 5.16 Å². The van der Waals surface area contributed by atoms with Crippen LogP contribution in [0, 0.1) is 0 Å². The minimum atomic E-state index is -2.64. The number of alkyl halides is 2. The maximum atomic E-state index is 11.7. The molecule has 1 rings (SSSR count). The summed E-state index contributed by atoms with van der Waals surface area (Å²) >= 11 is 1.11. The zero-order chi connectivity index (χ0) is 11.3. The van der Waals surface area contributed by atoms with Gasteiger partial charge in [-0.05, 0) is 0 Å². The highest BCUT2D eigenvalue weighted by molar-refractivity contribution is 7.13. The Balaban J connectivity index is 2.67. The highest BCUT2D eigenvalue weighted by atomic mass is 32.1. The first-order chi connectivity index (χ1) is 7.13. The van der Waals surface area contributed by atoms with Gasteiger partial charge >= 0.3 is 0 Å². The summed E-state index contributed by atoms with van der Waals surface area (Å²) in [7, 11) is 0. The molecule has 1 aromatic rings. The lowest BCUT2D eigenvalue weighted by atomic mass is 10.3. The molecule has 0 aliphatic rings. The van der Waals surface area contributed by atoms with Gasteiger partial charge in [0.2, 0.25) is 0 Å². The van der Waals surface area contributed by atoms with Crippen LogP contribution in [0.1, 0.15) is 5.69 Å². The molecule has 0 spiro atoms. The Kier molecular flexibility index (Phi) is 4.10. The van der Waals surface area contributed by atoms with Crippen LogP contribution in [0.15, 0.2) is 10.5 Å².